The van der Waals surface area contributed by atoms with Gasteiger partial charge in [0.1, 0.15) is 5.75 Å². The van der Waals surface area contributed by atoms with Gasteiger partial charge in [-0.2, -0.15) is 10.2 Å². The molecule has 0 fully saturated rings. The van der Waals surface area contributed by atoms with E-state index < -0.39 is 4.92 Å². The molecule has 0 aliphatic carbocycles. The van der Waals surface area contributed by atoms with Crippen molar-refractivity contribution >= 4 is 5.69 Å². The Kier molecular flexibility index (Phi) is 5.56. The molecule has 0 atom stereocenters. The molecule has 0 saturated carbocycles. The number of hydrogen-bond acceptors (Lipinski definition) is 5. The van der Waals surface area contributed by atoms with Crippen LogP contribution in [0.4, 0.5) is 5.69 Å². The Bertz CT molecular complexity index is 985. The minimum atomic E-state index is -0.444. The summed E-state index contributed by atoms with van der Waals surface area (Å²) in [6.45, 7) is 0.243. The van der Waals surface area contributed by atoms with Crippen LogP contribution in [0.5, 0.6) is 5.75 Å². The second-order valence-electron chi connectivity index (χ2n) is 6.12. The van der Waals surface area contributed by atoms with Crippen LogP contribution in [0.3, 0.4) is 0 Å². The van der Waals surface area contributed by atoms with Crippen LogP contribution < -0.4 is 0 Å². The van der Waals surface area contributed by atoms with E-state index in [1.165, 1.54) is 12.1 Å². The topological polar surface area (TPSA) is 88.1 Å². The number of rotatable bonds is 6. The van der Waals surface area contributed by atoms with Crippen molar-refractivity contribution in [1.82, 2.24) is 0 Å². The predicted octanol–water partition coefficient (Wildman–Crippen LogP) is 5.14. The summed E-state index contributed by atoms with van der Waals surface area (Å²) in [7, 11) is 1.58. The number of phenols is 1. The van der Waals surface area contributed by atoms with Crippen LogP contribution in [0.25, 0.3) is 11.1 Å². The molecule has 136 valence electrons. The Hall–Kier alpha value is -3.54. The van der Waals surface area contributed by atoms with E-state index in [0.29, 0.717) is 23.1 Å². The second-order valence-corrected chi connectivity index (χ2v) is 6.12. The Balaban J connectivity index is 2.09. The molecule has 0 saturated heterocycles. The lowest BCUT2D eigenvalue weighted by Gasteiger charge is -2.13. The molecule has 27 heavy (non-hydrogen) atoms. The number of non-ortho nitro benzene ring substituents is 1. The average Bonchev–Trinajstić information content (AvgIpc) is 2.69. The zero-order valence-corrected chi connectivity index (χ0v) is 14.9. The van der Waals surface area contributed by atoms with Crippen molar-refractivity contribution in [2.24, 2.45) is 10.2 Å². The molecule has 3 aromatic rings. The van der Waals surface area contributed by atoms with Crippen molar-refractivity contribution in [3.63, 3.8) is 0 Å². The third-order valence-corrected chi connectivity index (χ3v) is 4.25. The standard InChI is InChI=1S/C21H19N3O3/c1-22-23-14-18-11-16(10-15-6-3-2-4-7-15)12-20(21(18)25)17-8-5-9-19(13-17)24(26)27/h2-9,11-13,25H,10,14H2,1H3. The molecule has 0 aliphatic heterocycles. The van der Waals surface area contributed by atoms with Crippen LogP contribution in [-0.2, 0) is 13.0 Å². The summed E-state index contributed by atoms with van der Waals surface area (Å²) in [6, 6.07) is 20.0. The first-order valence-corrected chi connectivity index (χ1v) is 8.47. The maximum Gasteiger partial charge on any atom is 0.270 e. The molecule has 3 rings (SSSR count). The van der Waals surface area contributed by atoms with Gasteiger partial charge in [0.05, 0.1) is 11.5 Å². The number of hydrogen-bond donors (Lipinski definition) is 1. The van der Waals surface area contributed by atoms with E-state index >= 15 is 0 Å². The van der Waals surface area contributed by atoms with E-state index in [4.69, 9.17) is 0 Å². The molecule has 0 aromatic heterocycles. The van der Waals surface area contributed by atoms with E-state index in [1.54, 1.807) is 19.2 Å². The van der Waals surface area contributed by atoms with E-state index in [9.17, 15) is 15.2 Å². The Morgan fingerprint density at radius 1 is 1.00 bits per heavy atom. The Morgan fingerprint density at radius 2 is 1.78 bits per heavy atom. The molecule has 0 heterocycles. The minimum Gasteiger partial charge on any atom is -0.507 e. The van der Waals surface area contributed by atoms with Crippen molar-refractivity contribution in [3.8, 4) is 16.9 Å². The first-order chi connectivity index (χ1) is 13.1. The van der Waals surface area contributed by atoms with Crippen molar-refractivity contribution in [2.45, 2.75) is 13.0 Å². The van der Waals surface area contributed by atoms with Crippen LogP contribution in [-0.4, -0.2) is 17.1 Å². The van der Waals surface area contributed by atoms with Crippen LogP contribution in [0.15, 0.2) is 77.0 Å². The van der Waals surface area contributed by atoms with Gasteiger partial charge < -0.3 is 5.11 Å². The molecule has 0 bridgehead atoms. The Labute approximate surface area is 157 Å². The summed E-state index contributed by atoms with van der Waals surface area (Å²) in [6.07, 6.45) is 0.680. The number of azo groups is 1. The molecule has 0 radical (unpaired) electrons. The van der Waals surface area contributed by atoms with Gasteiger partial charge in [0.25, 0.3) is 5.69 Å². The second kappa shape index (κ2) is 8.23. The van der Waals surface area contributed by atoms with Crippen LogP contribution in [0.1, 0.15) is 16.7 Å². The molecule has 0 spiro atoms. The molecule has 1 N–H and O–H groups in total. The number of phenolic OH excluding ortho intramolecular Hbond substituents is 1. The summed E-state index contributed by atoms with van der Waals surface area (Å²) < 4.78 is 0. The molecular formula is C21H19N3O3. The quantitative estimate of drug-likeness (QED) is 0.374. The van der Waals surface area contributed by atoms with Gasteiger partial charge in [-0.1, -0.05) is 42.5 Å². The summed E-state index contributed by atoms with van der Waals surface area (Å²) >= 11 is 0. The first-order valence-electron chi connectivity index (χ1n) is 8.47. The van der Waals surface area contributed by atoms with Gasteiger partial charge in [0.2, 0.25) is 0 Å². The van der Waals surface area contributed by atoms with Gasteiger partial charge in [0, 0.05) is 30.3 Å². The maximum atomic E-state index is 11.1. The number of nitro benzene ring substituents is 1. The van der Waals surface area contributed by atoms with E-state index in [0.717, 1.165) is 11.1 Å². The van der Waals surface area contributed by atoms with Gasteiger partial charge in [-0.05, 0) is 35.2 Å². The number of aromatic hydroxyl groups is 1. The first kappa shape index (κ1) is 18.3. The normalized spacial score (nSPS) is 11.0. The molecule has 6 heteroatoms. The lowest BCUT2D eigenvalue weighted by atomic mass is 9.95. The van der Waals surface area contributed by atoms with Crippen molar-refractivity contribution in [3.05, 3.63) is 93.5 Å². The van der Waals surface area contributed by atoms with E-state index in [1.807, 2.05) is 42.5 Å². The van der Waals surface area contributed by atoms with Gasteiger partial charge in [0.15, 0.2) is 0 Å². The van der Waals surface area contributed by atoms with Crippen molar-refractivity contribution < 1.29 is 10.0 Å². The van der Waals surface area contributed by atoms with Crippen LogP contribution >= 0.6 is 0 Å². The fraction of sp³-hybridized carbons (Fsp3) is 0.143. The zero-order valence-electron chi connectivity index (χ0n) is 14.9. The minimum absolute atomic E-state index is 0.0184. The lowest BCUT2D eigenvalue weighted by Crippen LogP contribution is -1.95. The van der Waals surface area contributed by atoms with E-state index in [2.05, 4.69) is 10.2 Å². The monoisotopic (exact) mass is 361 g/mol. The number of nitrogens with zero attached hydrogens (tertiary/aromatic N) is 3. The summed E-state index contributed by atoms with van der Waals surface area (Å²) in [5, 5.41) is 29.6. The molecular weight excluding hydrogens is 342 g/mol. The van der Waals surface area contributed by atoms with Crippen molar-refractivity contribution in [1.29, 1.82) is 0 Å². The van der Waals surface area contributed by atoms with Crippen molar-refractivity contribution in [2.75, 3.05) is 7.05 Å². The SMILES string of the molecule is CN=NCc1cc(Cc2ccccc2)cc(-c2cccc([N+](=O)[O-])c2)c1O. The fourth-order valence-electron chi connectivity index (χ4n) is 2.97. The number of nitro groups is 1. The summed E-state index contributed by atoms with van der Waals surface area (Å²) in [5.74, 6) is 0.0692. The highest BCUT2D eigenvalue weighted by Crippen LogP contribution is 2.36. The van der Waals surface area contributed by atoms with Gasteiger partial charge >= 0.3 is 0 Å². The molecule has 6 nitrogen and oxygen atoms in total. The van der Waals surface area contributed by atoms with Crippen LogP contribution in [0, 0.1) is 10.1 Å². The lowest BCUT2D eigenvalue weighted by molar-refractivity contribution is -0.384. The molecule has 0 unspecified atom stereocenters. The highest BCUT2D eigenvalue weighted by Gasteiger charge is 2.15. The summed E-state index contributed by atoms with van der Waals surface area (Å²) in [5.41, 5.74) is 3.88. The highest BCUT2D eigenvalue weighted by molar-refractivity contribution is 5.74. The predicted molar refractivity (Wildman–Crippen MR) is 104 cm³/mol. The largest absolute Gasteiger partial charge is 0.507 e. The van der Waals surface area contributed by atoms with Gasteiger partial charge in [-0.25, -0.2) is 0 Å². The molecule has 3 aromatic carbocycles. The van der Waals surface area contributed by atoms with E-state index in [-0.39, 0.29) is 18.0 Å². The zero-order chi connectivity index (χ0) is 19.2. The average molecular weight is 361 g/mol. The highest BCUT2D eigenvalue weighted by atomic mass is 16.6. The van der Waals surface area contributed by atoms with Gasteiger partial charge in [-0.15, -0.1) is 0 Å². The smallest absolute Gasteiger partial charge is 0.270 e. The fourth-order valence-corrected chi connectivity index (χ4v) is 2.97. The third kappa shape index (κ3) is 4.36. The third-order valence-electron chi connectivity index (χ3n) is 4.25. The van der Waals surface area contributed by atoms with Crippen LogP contribution in [0.2, 0.25) is 0 Å². The number of benzene rings is 3. The Morgan fingerprint density at radius 3 is 2.48 bits per heavy atom. The van der Waals surface area contributed by atoms with Gasteiger partial charge in [-0.3, -0.25) is 10.1 Å². The molecule has 0 aliphatic rings. The summed E-state index contributed by atoms with van der Waals surface area (Å²) in [4.78, 5) is 10.7. The molecule has 0 amide bonds. The maximum absolute atomic E-state index is 11.1.